The summed E-state index contributed by atoms with van der Waals surface area (Å²) < 4.78 is 1.60. The summed E-state index contributed by atoms with van der Waals surface area (Å²) in [5.74, 6) is 0. The summed E-state index contributed by atoms with van der Waals surface area (Å²) in [4.78, 5) is 0. The van der Waals surface area contributed by atoms with E-state index >= 15 is 0 Å². The van der Waals surface area contributed by atoms with Crippen LogP contribution in [0.3, 0.4) is 0 Å². The molecular formula is C39H60N2Ni. The predicted octanol–water partition coefficient (Wildman–Crippen LogP) is 11.9. The monoisotopic (exact) mass is 614 g/mol. The van der Waals surface area contributed by atoms with Crippen LogP contribution in [0.15, 0.2) is 35.4 Å². The van der Waals surface area contributed by atoms with Crippen molar-refractivity contribution in [2.24, 2.45) is 0 Å². The minimum absolute atomic E-state index is 0. The number of aryl methyl sites for hydroxylation is 4. The van der Waals surface area contributed by atoms with E-state index in [-0.39, 0.29) is 31.3 Å². The zero-order valence-corrected chi connectivity index (χ0v) is 29.7. The Hall–Kier alpha value is -1.99. The van der Waals surface area contributed by atoms with E-state index in [0.29, 0.717) is 0 Å². The molecular weight excluding hydrogens is 555 g/mol. The van der Waals surface area contributed by atoms with Gasteiger partial charge in [-0.05, 0) is 122 Å². The molecule has 1 heterocycles. The minimum Gasteiger partial charge on any atom is -0.493 e. The van der Waals surface area contributed by atoms with Crippen LogP contribution in [0, 0.1) is 14.9 Å². The molecule has 0 N–H and O–H groups in total. The van der Waals surface area contributed by atoms with Gasteiger partial charge < -0.3 is 20.4 Å². The summed E-state index contributed by atoms with van der Waals surface area (Å²) in [6.45, 7) is 18.2. The fraction of sp³-hybridized carbons (Fsp3) is 0.538. The summed E-state index contributed by atoms with van der Waals surface area (Å²) in [6, 6.07) is 9.52. The van der Waals surface area contributed by atoms with E-state index in [1.807, 2.05) is 0 Å². The number of allylic oxidation sites excluding steroid dienone is 2. The van der Waals surface area contributed by atoms with Gasteiger partial charge in [0.2, 0.25) is 11.4 Å². The van der Waals surface area contributed by atoms with Gasteiger partial charge in [0, 0.05) is 22.3 Å². The van der Waals surface area contributed by atoms with E-state index < -0.39 is 0 Å². The van der Waals surface area contributed by atoms with E-state index in [4.69, 9.17) is 0 Å². The average Bonchev–Trinajstić information content (AvgIpc) is 3.24. The Bertz CT molecular complexity index is 1180. The predicted molar refractivity (Wildman–Crippen MR) is 183 cm³/mol. The summed E-state index contributed by atoms with van der Waals surface area (Å²) in [6.07, 6.45) is 14.1. The SMILES string of the molecule is CCCCCC1=C(c2cc(CC)c(CC)c(CC)c2)[N+](=[N-])C(c2cc(CC)c(CC)c(CC)c2)=C1CCCC.[CH3-].[CH3-].[Ni+2]. The molecule has 236 valence electrons. The molecule has 2 aromatic carbocycles. The van der Waals surface area contributed by atoms with E-state index in [9.17, 15) is 5.53 Å². The second kappa shape index (κ2) is 19.3. The fourth-order valence-electron chi connectivity index (χ4n) is 6.73. The molecule has 0 fully saturated rings. The maximum Gasteiger partial charge on any atom is 2.00 e. The maximum absolute atomic E-state index is 12.2. The summed E-state index contributed by atoms with van der Waals surface area (Å²) in [5.41, 5.74) is 28.1. The zero-order chi connectivity index (χ0) is 28.5. The number of rotatable bonds is 15. The van der Waals surface area contributed by atoms with Crippen molar-refractivity contribution >= 4 is 11.4 Å². The molecule has 0 saturated heterocycles. The Morgan fingerprint density at radius 2 is 0.833 bits per heavy atom. The van der Waals surface area contributed by atoms with Crippen LogP contribution in [0.1, 0.15) is 145 Å². The van der Waals surface area contributed by atoms with E-state index in [1.165, 1.54) is 68.5 Å². The number of unbranched alkanes of at least 4 members (excludes halogenated alkanes) is 3. The summed E-state index contributed by atoms with van der Waals surface area (Å²) in [5, 5.41) is 0. The van der Waals surface area contributed by atoms with Crippen LogP contribution in [0.25, 0.3) is 16.9 Å². The topological polar surface area (TPSA) is 25.3 Å². The molecule has 2 nitrogen and oxygen atoms in total. The Kier molecular flexibility index (Phi) is 18.4. The Morgan fingerprint density at radius 3 is 1.12 bits per heavy atom. The van der Waals surface area contributed by atoms with Gasteiger partial charge in [-0.25, -0.2) is 4.70 Å². The summed E-state index contributed by atoms with van der Waals surface area (Å²) in [7, 11) is 0. The normalized spacial score (nSPS) is 12.8. The first-order valence-electron chi connectivity index (χ1n) is 16.2. The molecule has 0 atom stereocenters. The molecule has 0 bridgehead atoms. The van der Waals surface area contributed by atoms with Crippen molar-refractivity contribution in [1.82, 2.24) is 0 Å². The van der Waals surface area contributed by atoms with Crippen LogP contribution < -0.4 is 0 Å². The van der Waals surface area contributed by atoms with Gasteiger partial charge in [-0.3, -0.25) is 0 Å². The molecule has 3 heteroatoms. The number of hydrogen-bond donors (Lipinski definition) is 0. The first-order valence-corrected chi connectivity index (χ1v) is 16.2. The maximum atomic E-state index is 12.2. The second-order valence-electron chi connectivity index (χ2n) is 11.2. The van der Waals surface area contributed by atoms with Crippen molar-refractivity contribution in [3.8, 4) is 0 Å². The molecule has 0 aliphatic carbocycles. The zero-order valence-electron chi connectivity index (χ0n) is 28.7. The van der Waals surface area contributed by atoms with Gasteiger partial charge >= 0.3 is 16.5 Å². The Balaban J connectivity index is 0.00000560. The average molecular weight is 616 g/mol. The molecule has 2 aromatic rings. The standard InChI is InChI=1S/C37H54N2.2CH3.Ni/c1-9-17-19-21-35-34(20-18-10-2)36(30-22-26(11-3)32(15-7)27(12-4)23-30)39(38)37(35)31-24-28(13-5)33(16-8)29(14-6)25-31;;;/h22-25H,9-21H2,1-8H3;2*1H3;/q;2*-1;+2. The van der Waals surface area contributed by atoms with Crippen LogP contribution in [-0.4, -0.2) is 4.70 Å². The Labute approximate surface area is 270 Å². The van der Waals surface area contributed by atoms with Crippen LogP contribution in [0.4, 0.5) is 0 Å². The Morgan fingerprint density at radius 1 is 0.500 bits per heavy atom. The third-order valence-electron chi connectivity index (χ3n) is 8.82. The quantitative estimate of drug-likeness (QED) is 0.0825. The first-order chi connectivity index (χ1) is 18.9. The smallest absolute Gasteiger partial charge is 0.493 e. The number of hydrogen-bond acceptors (Lipinski definition) is 0. The molecule has 3 rings (SSSR count). The third kappa shape index (κ3) is 8.34. The molecule has 0 saturated carbocycles. The third-order valence-corrected chi connectivity index (χ3v) is 8.82. The molecule has 0 unspecified atom stereocenters. The van der Waals surface area contributed by atoms with Crippen molar-refractivity contribution in [3.05, 3.63) is 100 Å². The fourth-order valence-corrected chi connectivity index (χ4v) is 6.73. The molecule has 0 amide bonds. The summed E-state index contributed by atoms with van der Waals surface area (Å²) >= 11 is 0. The van der Waals surface area contributed by atoms with Crippen molar-refractivity contribution in [2.45, 2.75) is 139 Å². The van der Waals surface area contributed by atoms with Gasteiger partial charge in [0.25, 0.3) is 0 Å². The largest absolute Gasteiger partial charge is 2.00 e. The molecule has 1 aliphatic heterocycles. The molecule has 0 spiro atoms. The van der Waals surface area contributed by atoms with Crippen LogP contribution in [0.5, 0.6) is 0 Å². The van der Waals surface area contributed by atoms with E-state index in [1.54, 1.807) is 4.70 Å². The molecule has 0 aromatic heterocycles. The van der Waals surface area contributed by atoms with Gasteiger partial charge in [-0.2, -0.15) is 0 Å². The van der Waals surface area contributed by atoms with Crippen molar-refractivity contribution in [1.29, 1.82) is 0 Å². The number of nitrogens with zero attached hydrogens (tertiary/aromatic N) is 2. The van der Waals surface area contributed by atoms with Crippen LogP contribution >= 0.6 is 0 Å². The van der Waals surface area contributed by atoms with Gasteiger partial charge in [-0.15, -0.1) is 0 Å². The minimum atomic E-state index is 0. The van der Waals surface area contributed by atoms with Crippen molar-refractivity contribution < 1.29 is 21.2 Å². The van der Waals surface area contributed by atoms with Crippen LogP contribution in [-0.2, 0) is 55.0 Å². The number of benzene rings is 2. The molecule has 1 aliphatic rings. The van der Waals surface area contributed by atoms with Gasteiger partial charge in [0.15, 0.2) is 0 Å². The van der Waals surface area contributed by atoms with E-state index in [2.05, 4.69) is 79.7 Å². The molecule has 0 radical (unpaired) electrons. The van der Waals surface area contributed by atoms with Gasteiger partial charge in [-0.1, -0.05) is 74.7 Å². The van der Waals surface area contributed by atoms with Gasteiger partial charge in [0.1, 0.15) is 0 Å². The first kappa shape index (κ1) is 40.0. The van der Waals surface area contributed by atoms with Crippen molar-refractivity contribution in [3.63, 3.8) is 0 Å². The molecule has 42 heavy (non-hydrogen) atoms. The van der Waals surface area contributed by atoms with Gasteiger partial charge in [0.05, 0.1) is 0 Å². The van der Waals surface area contributed by atoms with E-state index in [0.717, 1.165) is 82.0 Å². The van der Waals surface area contributed by atoms with Crippen LogP contribution in [0.2, 0.25) is 0 Å². The van der Waals surface area contributed by atoms with Crippen molar-refractivity contribution in [2.75, 3.05) is 0 Å². The second-order valence-corrected chi connectivity index (χ2v) is 11.2.